The van der Waals surface area contributed by atoms with E-state index >= 15 is 0 Å². The molecule has 1 rings (SSSR count). The summed E-state index contributed by atoms with van der Waals surface area (Å²) in [6.45, 7) is 2.22. The highest BCUT2D eigenvalue weighted by atomic mass is 79.9. The van der Waals surface area contributed by atoms with Gasteiger partial charge >= 0.3 is 0 Å². The van der Waals surface area contributed by atoms with Crippen LogP contribution in [0, 0.1) is 0 Å². The van der Waals surface area contributed by atoms with Crippen LogP contribution in [0.5, 0.6) is 5.75 Å². The van der Waals surface area contributed by atoms with E-state index in [0.717, 1.165) is 22.3 Å². The van der Waals surface area contributed by atoms with Gasteiger partial charge in [-0.25, -0.2) is 0 Å². The first-order valence-electron chi connectivity index (χ1n) is 5.94. The second kappa shape index (κ2) is 9.30. The van der Waals surface area contributed by atoms with Crippen LogP contribution in [0.2, 0.25) is 0 Å². The summed E-state index contributed by atoms with van der Waals surface area (Å²) in [5.41, 5.74) is 1.05. The Balaban J connectivity index is 2.53. The molecule has 1 aromatic rings. The number of benzene rings is 1. The van der Waals surface area contributed by atoms with Crippen molar-refractivity contribution in [1.82, 2.24) is 5.32 Å². The van der Waals surface area contributed by atoms with Gasteiger partial charge in [0.1, 0.15) is 5.75 Å². The van der Waals surface area contributed by atoms with Crippen LogP contribution in [0.15, 0.2) is 22.7 Å². The fraction of sp³-hybridized carbons (Fsp3) is 0.538. The smallest absolute Gasteiger partial charge is 0.123 e. The van der Waals surface area contributed by atoms with Gasteiger partial charge in [-0.3, -0.25) is 4.39 Å². The molecule has 1 N–H and O–H groups in total. The van der Waals surface area contributed by atoms with Crippen molar-refractivity contribution in [2.75, 3.05) is 33.5 Å². The molecule has 0 saturated heterocycles. The van der Waals surface area contributed by atoms with Gasteiger partial charge in [0.05, 0.1) is 19.9 Å². The van der Waals surface area contributed by atoms with E-state index in [1.165, 1.54) is 0 Å². The number of rotatable bonds is 9. The number of nitrogens with one attached hydrogen (secondary N) is 1. The summed E-state index contributed by atoms with van der Waals surface area (Å²) in [6.07, 6.45) is 0.423. The van der Waals surface area contributed by atoms with Gasteiger partial charge in [0, 0.05) is 36.7 Å². The number of halogens is 2. The molecule has 0 atom stereocenters. The lowest BCUT2D eigenvalue weighted by atomic mass is 10.2. The highest BCUT2D eigenvalue weighted by Gasteiger charge is 2.04. The van der Waals surface area contributed by atoms with Crippen molar-refractivity contribution < 1.29 is 13.9 Å². The molecule has 0 aliphatic heterocycles. The summed E-state index contributed by atoms with van der Waals surface area (Å²) in [7, 11) is 1.67. The van der Waals surface area contributed by atoms with E-state index in [9.17, 15) is 4.39 Å². The average Bonchev–Trinajstić information content (AvgIpc) is 2.37. The zero-order valence-electron chi connectivity index (χ0n) is 10.5. The third-order valence-corrected chi connectivity index (χ3v) is 2.85. The van der Waals surface area contributed by atoms with Crippen molar-refractivity contribution in [2.45, 2.75) is 13.0 Å². The summed E-state index contributed by atoms with van der Waals surface area (Å²) >= 11 is 3.43. The van der Waals surface area contributed by atoms with Crippen LogP contribution in [0.1, 0.15) is 12.0 Å². The molecule has 1 aromatic carbocycles. The third-order valence-electron chi connectivity index (χ3n) is 2.36. The van der Waals surface area contributed by atoms with Gasteiger partial charge in [-0.15, -0.1) is 0 Å². The zero-order valence-corrected chi connectivity index (χ0v) is 12.1. The Morgan fingerprint density at radius 1 is 1.33 bits per heavy atom. The van der Waals surface area contributed by atoms with E-state index in [4.69, 9.17) is 9.47 Å². The van der Waals surface area contributed by atoms with Crippen LogP contribution < -0.4 is 10.1 Å². The van der Waals surface area contributed by atoms with E-state index in [2.05, 4.69) is 21.2 Å². The molecule has 18 heavy (non-hydrogen) atoms. The van der Waals surface area contributed by atoms with Crippen LogP contribution in [-0.2, 0) is 11.3 Å². The number of methoxy groups -OCH3 is 1. The molecule has 0 spiro atoms. The zero-order chi connectivity index (χ0) is 13.2. The molecule has 5 heteroatoms. The fourth-order valence-electron chi connectivity index (χ4n) is 1.46. The van der Waals surface area contributed by atoms with Crippen LogP contribution in [-0.4, -0.2) is 33.5 Å². The molecule has 0 fully saturated rings. The Bertz CT molecular complexity index is 350. The second-order valence-electron chi connectivity index (χ2n) is 3.81. The Hall–Kier alpha value is -0.650. The maximum Gasteiger partial charge on any atom is 0.123 e. The summed E-state index contributed by atoms with van der Waals surface area (Å²) in [6, 6.07) is 5.82. The molecular weight excluding hydrogens is 301 g/mol. The lowest BCUT2D eigenvalue weighted by Crippen LogP contribution is -2.19. The minimum atomic E-state index is -0.349. The normalized spacial score (nSPS) is 10.6. The Kier molecular flexibility index (Phi) is 7.96. The summed E-state index contributed by atoms with van der Waals surface area (Å²) in [5, 5.41) is 3.26. The molecule has 0 aromatic heterocycles. The van der Waals surface area contributed by atoms with Crippen molar-refractivity contribution in [1.29, 1.82) is 0 Å². The molecule has 0 aliphatic carbocycles. The molecule has 3 nitrogen and oxygen atoms in total. The minimum absolute atomic E-state index is 0.349. The molecule has 0 bridgehead atoms. The first-order valence-corrected chi connectivity index (χ1v) is 6.74. The van der Waals surface area contributed by atoms with Crippen molar-refractivity contribution in [3.8, 4) is 5.75 Å². The van der Waals surface area contributed by atoms with E-state index in [-0.39, 0.29) is 6.67 Å². The lowest BCUT2D eigenvalue weighted by Gasteiger charge is -2.12. The second-order valence-corrected chi connectivity index (χ2v) is 4.73. The van der Waals surface area contributed by atoms with E-state index in [1.54, 1.807) is 7.11 Å². The van der Waals surface area contributed by atoms with Gasteiger partial charge in [-0.2, -0.15) is 0 Å². The first kappa shape index (κ1) is 15.4. The molecule has 0 radical (unpaired) electrons. The number of ether oxygens (including phenoxy) is 2. The standard InChI is InChI=1S/C13H19BrFNO2/c1-17-8-6-16-10-11-9-12(14)3-4-13(11)18-7-2-5-15/h3-4,9,16H,2,5-8,10H2,1H3. The topological polar surface area (TPSA) is 30.5 Å². The maximum absolute atomic E-state index is 12.0. The van der Waals surface area contributed by atoms with Crippen LogP contribution in [0.3, 0.4) is 0 Å². The summed E-state index contributed by atoms with van der Waals surface area (Å²) < 4.78 is 23.6. The molecule has 0 saturated carbocycles. The Morgan fingerprint density at radius 3 is 2.89 bits per heavy atom. The van der Waals surface area contributed by atoms with E-state index < -0.39 is 0 Å². The molecule has 0 aliphatic rings. The van der Waals surface area contributed by atoms with E-state index in [1.807, 2.05) is 18.2 Å². The molecular formula is C13H19BrFNO2. The van der Waals surface area contributed by atoms with E-state index in [0.29, 0.717) is 26.2 Å². The SMILES string of the molecule is COCCNCc1cc(Br)ccc1OCCCF. The summed E-state index contributed by atoms with van der Waals surface area (Å²) in [4.78, 5) is 0. The van der Waals surface area contributed by atoms with Crippen molar-refractivity contribution in [2.24, 2.45) is 0 Å². The predicted molar refractivity (Wildman–Crippen MR) is 73.8 cm³/mol. The average molecular weight is 320 g/mol. The highest BCUT2D eigenvalue weighted by Crippen LogP contribution is 2.23. The van der Waals surface area contributed by atoms with Gasteiger partial charge in [-0.1, -0.05) is 15.9 Å². The van der Waals surface area contributed by atoms with Gasteiger partial charge in [0.2, 0.25) is 0 Å². The monoisotopic (exact) mass is 319 g/mol. The number of alkyl halides is 1. The molecule has 102 valence electrons. The minimum Gasteiger partial charge on any atom is -0.493 e. The highest BCUT2D eigenvalue weighted by molar-refractivity contribution is 9.10. The summed E-state index contributed by atoms with van der Waals surface area (Å²) in [5.74, 6) is 0.802. The van der Waals surface area contributed by atoms with Crippen molar-refractivity contribution in [3.63, 3.8) is 0 Å². The maximum atomic E-state index is 12.0. The molecule has 0 unspecified atom stereocenters. The largest absolute Gasteiger partial charge is 0.493 e. The van der Waals surface area contributed by atoms with Gasteiger partial charge in [0.25, 0.3) is 0 Å². The van der Waals surface area contributed by atoms with Crippen LogP contribution in [0.4, 0.5) is 4.39 Å². The third kappa shape index (κ3) is 5.80. The van der Waals surface area contributed by atoms with Crippen LogP contribution in [0.25, 0.3) is 0 Å². The quantitative estimate of drug-likeness (QED) is 0.710. The predicted octanol–water partition coefficient (Wildman–Crippen LogP) is 2.92. The van der Waals surface area contributed by atoms with Crippen molar-refractivity contribution in [3.05, 3.63) is 28.2 Å². The Labute approximate surface area is 116 Å². The Morgan fingerprint density at radius 2 is 2.17 bits per heavy atom. The van der Waals surface area contributed by atoms with Gasteiger partial charge in [-0.05, 0) is 18.2 Å². The fourth-order valence-corrected chi connectivity index (χ4v) is 1.87. The van der Waals surface area contributed by atoms with Crippen molar-refractivity contribution >= 4 is 15.9 Å². The van der Waals surface area contributed by atoms with Gasteiger partial charge < -0.3 is 14.8 Å². The number of hydrogen-bond acceptors (Lipinski definition) is 3. The molecule has 0 amide bonds. The van der Waals surface area contributed by atoms with Gasteiger partial charge in [0.15, 0.2) is 0 Å². The van der Waals surface area contributed by atoms with Crippen LogP contribution >= 0.6 is 15.9 Å². The molecule has 0 heterocycles. The lowest BCUT2D eigenvalue weighted by molar-refractivity contribution is 0.199. The number of hydrogen-bond donors (Lipinski definition) is 1. The first-order chi connectivity index (χ1) is 8.77.